The van der Waals surface area contributed by atoms with Crippen LogP contribution in [0.1, 0.15) is 6.92 Å². The van der Waals surface area contributed by atoms with Gasteiger partial charge < -0.3 is 14.8 Å². The van der Waals surface area contributed by atoms with E-state index in [1.54, 1.807) is 19.1 Å². The van der Waals surface area contributed by atoms with Gasteiger partial charge in [0, 0.05) is 0 Å². The van der Waals surface area contributed by atoms with Crippen LogP contribution in [-0.4, -0.2) is 24.7 Å². The van der Waals surface area contributed by atoms with Crippen molar-refractivity contribution in [2.24, 2.45) is 0 Å². The van der Waals surface area contributed by atoms with Gasteiger partial charge in [0.15, 0.2) is 11.5 Å². The Morgan fingerprint density at radius 2 is 2.24 bits per heavy atom. The van der Waals surface area contributed by atoms with E-state index in [1.165, 1.54) is 0 Å². The molecule has 0 radical (unpaired) electrons. The number of terminal acetylenes is 1. The van der Waals surface area contributed by atoms with E-state index in [0.717, 1.165) is 0 Å². The molecule has 1 aromatic carbocycles. The molecule has 2 rings (SSSR count). The van der Waals surface area contributed by atoms with Gasteiger partial charge in [-0.3, -0.25) is 4.79 Å². The number of hydrogen-bond donors (Lipinski definition) is 1. The van der Waals surface area contributed by atoms with Crippen molar-refractivity contribution in [3.8, 4) is 23.8 Å². The van der Waals surface area contributed by atoms with Gasteiger partial charge in [-0.05, 0) is 19.1 Å². The Hall–Kier alpha value is -2.15. The first-order valence-electron chi connectivity index (χ1n) is 5.35. The second-order valence-corrected chi connectivity index (χ2v) is 3.76. The third-order valence-electron chi connectivity index (χ3n) is 2.41. The highest BCUT2D eigenvalue weighted by molar-refractivity contribution is 5.82. The molecule has 1 amide bonds. The fourth-order valence-electron chi connectivity index (χ4n) is 1.50. The van der Waals surface area contributed by atoms with Gasteiger partial charge >= 0.3 is 0 Å². The number of amides is 1. The summed E-state index contributed by atoms with van der Waals surface area (Å²) in [6.45, 7) is 1.93. The smallest absolute Gasteiger partial charge is 0.265 e. The number of carbonyl (C=O) groups is 1. The molecule has 0 aromatic heterocycles. The molecule has 1 aliphatic heterocycles. The Morgan fingerprint density at radius 3 is 2.94 bits per heavy atom. The molecule has 4 heteroatoms. The van der Waals surface area contributed by atoms with Gasteiger partial charge in [-0.25, -0.2) is 0 Å². The predicted octanol–water partition coefficient (Wildman–Crippen LogP) is 0.964. The van der Waals surface area contributed by atoms with Crippen molar-refractivity contribution in [2.75, 3.05) is 6.61 Å². The lowest BCUT2D eigenvalue weighted by atomic mass is 10.2. The first-order valence-corrected chi connectivity index (χ1v) is 5.35. The van der Waals surface area contributed by atoms with Crippen LogP contribution in [0.2, 0.25) is 0 Å². The molecule has 1 aromatic rings. The van der Waals surface area contributed by atoms with Crippen molar-refractivity contribution in [3.05, 3.63) is 24.3 Å². The molecule has 1 aliphatic rings. The van der Waals surface area contributed by atoms with Gasteiger partial charge in [0.2, 0.25) is 6.10 Å². The fraction of sp³-hybridized carbons (Fsp3) is 0.308. The molecule has 0 bridgehead atoms. The summed E-state index contributed by atoms with van der Waals surface area (Å²) in [6.07, 6.45) is 4.54. The number of ether oxygens (including phenoxy) is 2. The van der Waals surface area contributed by atoms with Crippen LogP contribution >= 0.6 is 0 Å². The van der Waals surface area contributed by atoms with E-state index in [2.05, 4.69) is 11.2 Å². The van der Waals surface area contributed by atoms with E-state index in [4.69, 9.17) is 15.9 Å². The second-order valence-electron chi connectivity index (χ2n) is 3.76. The fourth-order valence-corrected chi connectivity index (χ4v) is 1.50. The zero-order chi connectivity index (χ0) is 12.3. The molecule has 0 saturated carbocycles. The summed E-state index contributed by atoms with van der Waals surface area (Å²) >= 11 is 0. The van der Waals surface area contributed by atoms with Gasteiger partial charge in [-0.15, -0.1) is 6.42 Å². The Kier molecular flexibility index (Phi) is 3.20. The number of hydrogen-bond acceptors (Lipinski definition) is 3. The van der Waals surface area contributed by atoms with Crippen LogP contribution in [0.15, 0.2) is 24.3 Å². The minimum Gasteiger partial charge on any atom is -0.485 e. The quantitative estimate of drug-likeness (QED) is 0.771. The minimum atomic E-state index is -0.652. The largest absolute Gasteiger partial charge is 0.485 e. The van der Waals surface area contributed by atoms with Gasteiger partial charge in [-0.1, -0.05) is 18.1 Å². The molecule has 0 aliphatic carbocycles. The maximum absolute atomic E-state index is 11.8. The minimum absolute atomic E-state index is 0.195. The molecule has 2 atom stereocenters. The molecular formula is C13H13NO3. The lowest BCUT2D eigenvalue weighted by Gasteiger charge is -2.26. The summed E-state index contributed by atoms with van der Waals surface area (Å²) in [5, 5.41) is 2.65. The maximum Gasteiger partial charge on any atom is 0.265 e. The van der Waals surface area contributed by atoms with Crippen molar-refractivity contribution >= 4 is 5.91 Å². The van der Waals surface area contributed by atoms with Crippen LogP contribution in [0, 0.1) is 12.3 Å². The zero-order valence-electron chi connectivity index (χ0n) is 9.47. The second kappa shape index (κ2) is 4.79. The van der Waals surface area contributed by atoms with Crippen LogP contribution in [0.3, 0.4) is 0 Å². The Bertz CT molecular complexity index is 464. The summed E-state index contributed by atoms with van der Waals surface area (Å²) in [6, 6.07) is 6.92. The molecule has 1 heterocycles. The number of para-hydroxylation sites is 2. The van der Waals surface area contributed by atoms with E-state index >= 15 is 0 Å². The zero-order valence-corrected chi connectivity index (χ0v) is 9.47. The summed E-state index contributed by atoms with van der Waals surface area (Å²) in [5.41, 5.74) is 0. The average Bonchev–Trinajstić information content (AvgIpc) is 2.38. The standard InChI is InChI=1S/C13H13NO3/c1-3-9(2)14-13(15)12-8-16-10-6-4-5-7-11(10)17-12/h1,4-7,9,12H,8H2,2H3,(H,14,15). The number of carbonyl (C=O) groups excluding carboxylic acids is 1. The molecule has 1 N–H and O–H groups in total. The number of rotatable bonds is 2. The first-order chi connectivity index (χ1) is 8.20. The van der Waals surface area contributed by atoms with Gasteiger partial charge in [0.05, 0.1) is 6.04 Å². The van der Waals surface area contributed by atoms with E-state index in [9.17, 15) is 4.79 Å². The van der Waals surface area contributed by atoms with Gasteiger partial charge in [0.1, 0.15) is 6.61 Å². The Morgan fingerprint density at radius 1 is 1.53 bits per heavy atom. The number of benzene rings is 1. The van der Waals surface area contributed by atoms with Crippen molar-refractivity contribution in [1.82, 2.24) is 5.32 Å². The average molecular weight is 231 g/mol. The summed E-state index contributed by atoms with van der Waals surface area (Å²) in [7, 11) is 0. The molecule has 0 saturated heterocycles. The molecule has 2 unspecified atom stereocenters. The van der Waals surface area contributed by atoms with E-state index in [1.807, 2.05) is 12.1 Å². The molecular weight excluding hydrogens is 218 g/mol. The van der Waals surface area contributed by atoms with Crippen molar-refractivity contribution in [1.29, 1.82) is 0 Å². The Balaban J connectivity index is 2.03. The normalized spacial score (nSPS) is 18.9. The van der Waals surface area contributed by atoms with Crippen LogP contribution in [0.4, 0.5) is 0 Å². The van der Waals surface area contributed by atoms with E-state index in [-0.39, 0.29) is 18.6 Å². The van der Waals surface area contributed by atoms with E-state index in [0.29, 0.717) is 11.5 Å². The van der Waals surface area contributed by atoms with Crippen LogP contribution in [-0.2, 0) is 4.79 Å². The summed E-state index contributed by atoms with van der Waals surface area (Å²) in [4.78, 5) is 11.8. The van der Waals surface area contributed by atoms with Crippen LogP contribution in [0.5, 0.6) is 11.5 Å². The van der Waals surface area contributed by atoms with Crippen molar-refractivity contribution in [2.45, 2.75) is 19.1 Å². The molecule has 4 nitrogen and oxygen atoms in total. The lowest BCUT2D eigenvalue weighted by Crippen LogP contribution is -2.46. The monoisotopic (exact) mass is 231 g/mol. The topological polar surface area (TPSA) is 47.6 Å². The summed E-state index contributed by atoms with van der Waals surface area (Å²) < 4.78 is 11.0. The molecule has 0 fully saturated rings. The lowest BCUT2D eigenvalue weighted by molar-refractivity contribution is -0.130. The SMILES string of the molecule is C#CC(C)NC(=O)C1COc2ccccc2O1. The summed E-state index contributed by atoms with van der Waals surface area (Å²) in [5.74, 6) is 3.40. The van der Waals surface area contributed by atoms with Crippen molar-refractivity contribution < 1.29 is 14.3 Å². The maximum atomic E-state index is 11.8. The third kappa shape index (κ3) is 2.51. The molecule has 17 heavy (non-hydrogen) atoms. The predicted molar refractivity (Wildman–Crippen MR) is 62.8 cm³/mol. The first kappa shape index (κ1) is 11.3. The molecule has 0 spiro atoms. The van der Waals surface area contributed by atoms with Crippen LogP contribution in [0.25, 0.3) is 0 Å². The van der Waals surface area contributed by atoms with Crippen molar-refractivity contribution in [3.63, 3.8) is 0 Å². The Labute approximate surface area is 99.9 Å². The third-order valence-corrected chi connectivity index (χ3v) is 2.41. The van der Waals surface area contributed by atoms with E-state index < -0.39 is 6.10 Å². The highest BCUT2D eigenvalue weighted by Gasteiger charge is 2.27. The highest BCUT2D eigenvalue weighted by Crippen LogP contribution is 2.30. The highest BCUT2D eigenvalue weighted by atomic mass is 16.6. The van der Waals surface area contributed by atoms with Crippen LogP contribution < -0.4 is 14.8 Å². The number of fused-ring (bicyclic) bond motifs is 1. The molecule has 88 valence electrons. The van der Waals surface area contributed by atoms with Gasteiger partial charge in [-0.2, -0.15) is 0 Å². The number of nitrogens with one attached hydrogen (secondary N) is 1. The van der Waals surface area contributed by atoms with Gasteiger partial charge in [0.25, 0.3) is 5.91 Å².